The maximum Gasteiger partial charge on any atom is 0.0790 e. The van der Waals surface area contributed by atoms with E-state index < -0.39 is 0 Å². The molecule has 4 heteroatoms. The maximum atomic E-state index is 9.11. The normalized spacial score (nSPS) is 30.0. The van der Waals surface area contributed by atoms with Crippen molar-refractivity contribution in [2.45, 2.75) is 51.9 Å². The van der Waals surface area contributed by atoms with Crippen LogP contribution in [-0.4, -0.2) is 60.5 Å². The smallest absolute Gasteiger partial charge is 0.0790 e. The molecule has 2 N–H and O–H groups in total. The van der Waals surface area contributed by atoms with Crippen LogP contribution in [0.4, 0.5) is 0 Å². The molecule has 1 rings (SSSR count). The molecule has 108 valence electrons. The number of hydrogen-bond acceptors (Lipinski definition) is 4. The van der Waals surface area contributed by atoms with Gasteiger partial charge in [0.1, 0.15) is 0 Å². The highest BCUT2D eigenvalue weighted by atomic mass is 16.5. The zero-order chi connectivity index (χ0) is 14.0. The van der Waals surface area contributed by atoms with Crippen molar-refractivity contribution in [3.05, 3.63) is 0 Å². The average Bonchev–Trinajstić information content (AvgIpc) is 2.42. The second kappa shape index (κ2) is 5.87. The predicted molar refractivity (Wildman–Crippen MR) is 74.8 cm³/mol. The number of likely N-dealkylation sites (N-methyl/N-ethyl adjacent to an activating group) is 2. The Morgan fingerprint density at radius 1 is 1.22 bits per heavy atom. The van der Waals surface area contributed by atoms with Gasteiger partial charge in [0.2, 0.25) is 0 Å². The molecule has 1 fully saturated rings. The summed E-state index contributed by atoms with van der Waals surface area (Å²) in [6.07, 6.45) is 0. The van der Waals surface area contributed by atoms with Gasteiger partial charge in [-0.25, -0.2) is 0 Å². The van der Waals surface area contributed by atoms with Crippen LogP contribution in [0.1, 0.15) is 34.6 Å². The third-order valence-electron chi connectivity index (χ3n) is 4.20. The fourth-order valence-corrected chi connectivity index (χ4v) is 3.38. The number of rotatable bonds is 6. The van der Waals surface area contributed by atoms with Gasteiger partial charge in [-0.2, -0.15) is 0 Å². The molecule has 1 saturated heterocycles. The Morgan fingerprint density at radius 2 is 1.83 bits per heavy atom. The molecule has 1 aliphatic heterocycles. The van der Waals surface area contributed by atoms with E-state index in [4.69, 9.17) is 9.84 Å². The van der Waals surface area contributed by atoms with Gasteiger partial charge in [0.05, 0.1) is 17.8 Å². The molecule has 0 bridgehead atoms. The Labute approximate surface area is 112 Å². The summed E-state index contributed by atoms with van der Waals surface area (Å²) in [5.74, 6) is 0.420. The van der Waals surface area contributed by atoms with Crippen LogP contribution in [0.3, 0.4) is 0 Å². The van der Waals surface area contributed by atoms with Gasteiger partial charge in [-0.05, 0) is 41.3 Å². The number of hydrogen-bond donors (Lipinski definition) is 2. The third-order valence-corrected chi connectivity index (χ3v) is 4.20. The van der Waals surface area contributed by atoms with Crippen molar-refractivity contribution in [3.8, 4) is 0 Å². The second-order valence-corrected chi connectivity index (χ2v) is 6.30. The van der Waals surface area contributed by atoms with Crippen molar-refractivity contribution in [2.24, 2.45) is 5.92 Å². The molecule has 0 saturated carbocycles. The summed E-state index contributed by atoms with van der Waals surface area (Å²) in [5.41, 5.74) is -0.290. The molecule has 0 aromatic rings. The summed E-state index contributed by atoms with van der Waals surface area (Å²) < 4.78 is 6.22. The summed E-state index contributed by atoms with van der Waals surface area (Å²) >= 11 is 0. The Morgan fingerprint density at radius 3 is 2.28 bits per heavy atom. The zero-order valence-electron chi connectivity index (χ0n) is 12.8. The Hall–Kier alpha value is -0.160. The molecule has 0 radical (unpaired) electrons. The van der Waals surface area contributed by atoms with E-state index in [1.54, 1.807) is 0 Å². The number of aliphatic hydroxyl groups is 1. The first kappa shape index (κ1) is 15.9. The minimum absolute atomic E-state index is 0.139. The SMILES string of the molecule is CCN(CCO)CC1C(NC)C(C)(C)OC1(C)C. The van der Waals surface area contributed by atoms with Gasteiger partial charge in [-0.3, -0.25) is 0 Å². The van der Waals surface area contributed by atoms with Gasteiger partial charge in [0.25, 0.3) is 0 Å². The fraction of sp³-hybridized carbons (Fsp3) is 1.00. The molecule has 0 spiro atoms. The molecular formula is C14H30N2O2. The van der Waals surface area contributed by atoms with E-state index in [9.17, 15) is 0 Å². The van der Waals surface area contributed by atoms with Crippen LogP contribution in [-0.2, 0) is 4.74 Å². The molecular weight excluding hydrogens is 228 g/mol. The van der Waals surface area contributed by atoms with E-state index in [1.807, 2.05) is 7.05 Å². The van der Waals surface area contributed by atoms with Crippen LogP contribution < -0.4 is 5.32 Å². The van der Waals surface area contributed by atoms with Crippen molar-refractivity contribution >= 4 is 0 Å². The zero-order valence-corrected chi connectivity index (χ0v) is 12.8. The van der Waals surface area contributed by atoms with Crippen molar-refractivity contribution in [1.82, 2.24) is 10.2 Å². The van der Waals surface area contributed by atoms with Crippen molar-refractivity contribution in [3.63, 3.8) is 0 Å². The Kier molecular flexibility index (Phi) is 5.18. The van der Waals surface area contributed by atoms with E-state index in [2.05, 4.69) is 44.8 Å². The largest absolute Gasteiger partial charge is 0.395 e. The number of ether oxygens (including phenoxy) is 1. The maximum absolute atomic E-state index is 9.11. The van der Waals surface area contributed by atoms with Gasteiger partial charge in [-0.15, -0.1) is 0 Å². The van der Waals surface area contributed by atoms with E-state index >= 15 is 0 Å². The Balaban J connectivity index is 2.83. The summed E-state index contributed by atoms with van der Waals surface area (Å²) in [6.45, 7) is 13.7. The average molecular weight is 258 g/mol. The lowest BCUT2D eigenvalue weighted by Gasteiger charge is -2.33. The molecule has 2 atom stereocenters. The summed E-state index contributed by atoms with van der Waals surface area (Å²) in [7, 11) is 2.01. The first-order valence-electron chi connectivity index (χ1n) is 6.99. The lowest BCUT2D eigenvalue weighted by molar-refractivity contribution is -0.0795. The summed E-state index contributed by atoms with van der Waals surface area (Å²) in [6, 6.07) is 0.334. The topological polar surface area (TPSA) is 44.7 Å². The van der Waals surface area contributed by atoms with E-state index in [0.717, 1.165) is 19.6 Å². The first-order chi connectivity index (χ1) is 8.28. The number of nitrogens with zero attached hydrogens (tertiary/aromatic N) is 1. The number of nitrogens with one attached hydrogen (secondary N) is 1. The van der Waals surface area contributed by atoms with Crippen molar-refractivity contribution < 1.29 is 9.84 Å². The van der Waals surface area contributed by atoms with Crippen LogP contribution >= 0.6 is 0 Å². The van der Waals surface area contributed by atoms with Gasteiger partial charge in [0.15, 0.2) is 0 Å². The van der Waals surface area contributed by atoms with Crippen LogP contribution in [0.15, 0.2) is 0 Å². The minimum atomic E-state index is -0.151. The first-order valence-corrected chi connectivity index (χ1v) is 6.99. The highest BCUT2D eigenvalue weighted by molar-refractivity contribution is 5.05. The molecule has 1 aliphatic rings. The van der Waals surface area contributed by atoms with Crippen LogP contribution in [0.2, 0.25) is 0 Å². The highest BCUT2D eigenvalue weighted by Gasteiger charge is 2.53. The van der Waals surface area contributed by atoms with Crippen molar-refractivity contribution in [2.75, 3.05) is 33.3 Å². The quantitative estimate of drug-likeness (QED) is 0.749. The van der Waals surface area contributed by atoms with Gasteiger partial charge in [0, 0.05) is 25.0 Å². The monoisotopic (exact) mass is 258 g/mol. The van der Waals surface area contributed by atoms with Crippen LogP contribution in [0, 0.1) is 5.92 Å². The van der Waals surface area contributed by atoms with Gasteiger partial charge < -0.3 is 20.1 Å². The third kappa shape index (κ3) is 3.23. The van der Waals surface area contributed by atoms with E-state index in [1.165, 1.54) is 0 Å². The molecule has 4 nitrogen and oxygen atoms in total. The molecule has 1 heterocycles. The highest BCUT2D eigenvalue weighted by Crippen LogP contribution is 2.42. The van der Waals surface area contributed by atoms with E-state index in [0.29, 0.717) is 12.0 Å². The standard InChI is InChI=1S/C14H30N2O2/c1-7-16(8-9-17)10-11-12(15-6)14(4,5)18-13(11,2)3/h11-12,15,17H,7-10H2,1-6H3. The fourth-order valence-electron chi connectivity index (χ4n) is 3.38. The molecule has 0 aromatic carbocycles. The Bertz CT molecular complexity index is 267. The lowest BCUT2D eigenvalue weighted by atomic mass is 9.82. The molecule has 0 amide bonds. The molecule has 0 aromatic heterocycles. The number of aliphatic hydroxyl groups excluding tert-OH is 1. The van der Waals surface area contributed by atoms with Crippen LogP contribution in [0.25, 0.3) is 0 Å². The lowest BCUT2D eigenvalue weighted by Crippen LogP contribution is -2.50. The van der Waals surface area contributed by atoms with Crippen molar-refractivity contribution in [1.29, 1.82) is 0 Å². The molecule has 0 aliphatic carbocycles. The summed E-state index contributed by atoms with van der Waals surface area (Å²) in [5, 5.41) is 12.5. The van der Waals surface area contributed by atoms with Crippen LogP contribution in [0.5, 0.6) is 0 Å². The van der Waals surface area contributed by atoms with Gasteiger partial charge in [-0.1, -0.05) is 6.92 Å². The predicted octanol–water partition coefficient (Wildman–Crippen LogP) is 1.09. The second-order valence-electron chi connectivity index (χ2n) is 6.30. The minimum Gasteiger partial charge on any atom is -0.395 e. The molecule has 2 unspecified atom stereocenters. The van der Waals surface area contributed by atoms with E-state index in [-0.39, 0.29) is 17.8 Å². The molecule has 18 heavy (non-hydrogen) atoms. The van der Waals surface area contributed by atoms with Gasteiger partial charge >= 0.3 is 0 Å². The summed E-state index contributed by atoms with van der Waals surface area (Å²) in [4.78, 5) is 2.29.